The minimum Gasteiger partial charge on any atom is -0.143 e. The smallest absolute Gasteiger partial charge is 0.0378 e. The SMILES string of the molecule is CCc1cc(S)cc2cc(C)sc12. The standard InChI is InChI=1S/C11H12S2/c1-3-8-5-10(12)6-9-4-7(2)13-11(8)9/h4-6,12H,3H2,1-2H3. The largest absolute Gasteiger partial charge is 0.143 e. The Morgan fingerprint density at radius 3 is 2.77 bits per heavy atom. The molecule has 0 saturated heterocycles. The number of rotatable bonds is 1. The number of aryl methyl sites for hydroxylation is 2. The Labute approximate surface area is 88.0 Å². The predicted molar refractivity (Wildman–Crippen MR) is 63.2 cm³/mol. The monoisotopic (exact) mass is 208 g/mol. The van der Waals surface area contributed by atoms with Gasteiger partial charge in [-0.3, -0.25) is 0 Å². The minimum absolute atomic E-state index is 1.07. The molecule has 1 aromatic heterocycles. The Morgan fingerprint density at radius 2 is 2.08 bits per heavy atom. The van der Waals surface area contributed by atoms with Crippen LogP contribution in [0, 0.1) is 6.92 Å². The summed E-state index contributed by atoms with van der Waals surface area (Å²) in [5.41, 5.74) is 1.42. The Morgan fingerprint density at radius 1 is 1.31 bits per heavy atom. The van der Waals surface area contributed by atoms with Gasteiger partial charge in [-0.15, -0.1) is 24.0 Å². The van der Waals surface area contributed by atoms with Crippen molar-refractivity contribution in [3.05, 3.63) is 28.6 Å². The highest BCUT2D eigenvalue weighted by Gasteiger charge is 2.04. The molecule has 0 aliphatic heterocycles. The number of hydrogen-bond donors (Lipinski definition) is 1. The predicted octanol–water partition coefficient (Wildman–Crippen LogP) is 4.06. The summed E-state index contributed by atoms with van der Waals surface area (Å²) < 4.78 is 1.43. The number of hydrogen-bond acceptors (Lipinski definition) is 2. The lowest BCUT2D eigenvalue weighted by Crippen LogP contribution is -1.79. The van der Waals surface area contributed by atoms with Gasteiger partial charge in [0.25, 0.3) is 0 Å². The van der Waals surface area contributed by atoms with E-state index in [1.807, 2.05) is 11.3 Å². The van der Waals surface area contributed by atoms with Crippen molar-refractivity contribution in [1.82, 2.24) is 0 Å². The molecule has 0 atom stereocenters. The second kappa shape index (κ2) is 3.35. The first-order chi connectivity index (χ1) is 6.20. The first-order valence-electron chi connectivity index (χ1n) is 4.42. The maximum absolute atomic E-state index is 4.40. The molecule has 0 saturated carbocycles. The molecule has 2 rings (SSSR count). The van der Waals surface area contributed by atoms with Crippen molar-refractivity contribution in [2.75, 3.05) is 0 Å². The molecule has 1 heterocycles. The summed E-state index contributed by atoms with van der Waals surface area (Å²) in [5.74, 6) is 0. The molecule has 0 unspecified atom stereocenters. The number of thiophene rings is 1. The summed E-state index contributed by atoms with van der Waals surface area (Å²) >= 11 is 6.28. The van der Waals surface area contributed by atoms with Gasteiger partial charge in [0.2, 0.25) is 0 Å². The summed E-state index contributed by atoms with van der Waals surface area (Å²) in [4.78, 5) is 2.45. The summed E-state index contributed by atoms with van der Waals surface area (Å²) in [6.45, 7) is 4.35. The van der Waals surface area contributed by atoms with Crippen molar-refractivity contribution in [3.8, 4) is 0 Å². The van der Waals surface area contributed by atoms with E-state index in [1.165, 1.54) is 20.5 Å². The fourth-order valence-corrected chi connectivity index (χ4v) is 2.97. The van der Waals surface area contributed by atoms with Crippen LogP contribution in [0.3, 0.4) is 0 Å². The Bertz CT molecular complexity index is 441. The van der Waals surface area contributed by atoms with E-state index in [1.54, 1.807) is 0 Å². The molecular formula is C11H12S2. The lowest BCUT2D eigenvalue weighted by molar-refractivity contribution is 1.15. The van der Waals surface area contributed by atoms with Crippen LogP contribution in [0.15, 0.2) is 23.1 Å². The highest BCUT2D eigenvalue weighted by molar-refractivity contribution is 7.80. The van der Waals surface area contributed by atoms with Crippen LogP contribution in [0.2, 0.25) is 0 Å². The van der Waals surface area contributed by atoms with E-state index in [2.05, 4.69) is 44.7 Å². The molecule has 2 heteroatoms. The number of benzene rings is 1. The van der Waals surface area contributed by atoms with Crippen molar-refractivity contribution in [2.45, 2.75) is 25.2 Å². The molecule has 0 radical (unpaired) electrons. The third-order valence-electron chi connectivity index (χ3n) is 2.18. The van der Waals surface area contributed by atoms with E-state index < -0.39 is 0 Å². The molecule has 0 spiro atoms. The zero-order chi connectivity index (χ0) is 9.42. The first kappa shape index (κ1) is 9.10. The molecule has 2 aromatic rings. The van der Waals surface area contributed by atoms with Crippen LogP contribution in [0.4, 0.5) is 0 Å². The van der Waals surface area contributed by atoms with Crippen molar-refractivity contribution in [2.24, 2.45) is 0 Å². The number of thiol groups is 1. The van der Waals surface area contributed by atoms with Crippen molar-refractivity contribution in [1.29, 1.82) is 0 Å². The molecule has 0 fully saturated rings. The molecule has 0 N–H and O–H groups in total. The van der Waals surface area contributed by atoms with Crippen LogP contribution in [-0.2, 0) is 6.42 Å². The van der Waals surface area contributed by atoms with Crippen LogP contribution in [0.25, 0.3) is 10.1 Å². The van der Waals surface area contributed by atoms with Crippen molar-refractivity contribution < 1.29 is 0 Å². The molecular weight excluding hydrogens is 196 g/mol. The van der Waals surface area contributed by atoms with Gasteiger partial charge in [0, 0.05) is 14.5 Å². The normalized spacial score (nSPS) is 11.0. The highest BCUT2D eigenvalue weighted by Crippen LogP contribution is 2.30. The quantitative estimate of drug-likeness (QED) is 0.671. The third kappa shape index (κ3) is 1.61. The molecule has 13 heavy (non-hydrogen) atoms. The Kier molecular flexibility index (Phi) is 2.35. The first-order valence-corrected chi connectivity index (χ1v) is 5.69. The Balaban J connectivity index is 2.80. The van der Waals surface area contributed by atoms with Crippen LogP contribution in [0.1, 0.15) is 17.4 Å². The average Bonchev–Trinajstić information content (AvgIpc) is 2.43. The fourth-order valence-electron chi connectivity index (χ4n) is 1.60. The van der Waals surface area contributed by atoms with E-state index >= 15 is 0 Å². The summed E-state index contributed by atoms with van der Waals surface area (Å²) in [7, 11) is 0. The molecule has 0 bridgehead atoms. The Hall–Kier alpha value is -0.470. The fraction of sp³-hybridized carbons (Fsp3) is 0.273. The second-order valence-electron chi connectivity index (χ2n) is 3.23. The summed E-state index contributed by atoms with van der Waals surface area (Å²) in [5, 5.41) is 1.34. The summed E-state index contributed by atoms with van der Waals surface area (Å²) in [6.07, 6.45) is 1.09. The molecule has 0 aliphatic carbocycles. The third-order valence-corrected chi connectivity index (χ3v) is 3.58. The molecule has 0 nitrogen and oxygen atoms in total. The summed E-state index contributed by atoms with van der Waals surface area (Å²) in [6, 6.07) is 6.54. The van der Waals surface area contributed by atoms with Gasteiger partial charge in [0.1, 0.15) is 0 Å². The van der Waals surface area contributed by atoms with Crippen LogP contribution < -0.4 is 0 Å². The van der Waals surface area contributed by atoms with Gasteiger partial charge in [-0.25, -0.2) is 0 Å². The van der Waals surface area contributed by atoms with E-state index in [-0.39, 0.29) is 0 Å². The van der Waals surface area contributed by atoms with Gasteiger partial charge in [0.15, 0.2) is 0 Å². The molecule has 1 aromatic carbocycles. The highest BCUT2D eigenvalue weighted by atomic mass is 32.1. The molecule has 0 amide bonds. The van der Waals surface area contributed by atoms with E-state index in [0.717, 1.165) is 11.3 Å². The molecule has 0 aliphatic rings. The van der Waals surface area contributed by atoms with Crippen LogP contribution in [-0.4, -0.2) is 0 Å². The lowest BCUT2D eigenvalue weighted by atomic mass is 10.1. The van der Waals surface area contributed by atoms with Crippen LogP contribution >= 0.6 is 24.0 Å². The van der Waals surface area contributed by atoms with Crippen molar-refractivity contribution >= 4 is 34.1 Å². The van der Waals surface area contributed by atoms with Crippen LogP contribution in [0.5, 0.6) is 0 Å². The van der Waals surface area contributed by atoms with Gasteiger partial charge in [-0.05, 0) is 42.5 Å². The number of fused-ring (bicyclic) bond motifs is 1. The van der Waals surface area contributed by atoms with E-state index in [0.29, 0.717) is 0 Å². The maximum atomic E-state index is 4.40. The van der Waals surface area contributed by atoms with Gasteiger partial charge < -0.3 is 0 Å². The van der Waals surface area contributed by atoms with Crippen molar-refractivity contribution in [3.63, 3.8) is 0 Å². The second-order valence-corrected chi connectivity index (χ2v) is 5.01. The van der Waals surface area contributed by atoms with Gasteiger partial charge >= 0.3 is 0 Å². The zero-order valence-corrected chi connectivity index (χ0v) is 9.51. The topological polar surface area (TPSA) is 0 Å². The molecule has 68 valence electrons. The van der Waals surface area contributed by atoms with E-state index in [4.69, 9.17) is 0 Å². The van der Waals surface area contributed by atoms with Gasteiger partial charge in [-0.2, -0.15) is 0 Å². The van der Waals surface area contributed by atoms with Gasteiger partial charge in [0.05, 0.1) is 0 Å². The lowest BCUT2D eigenvalue weighted by Gasteiger charge is -2.00. The maximum Gasteiger partial charge on any atom is 0.0378 e. The average molecular weight is 208 g/mol. The zero-order valence-electron chi connectivity index (χ0n) is 7.79. The minimum atomic E-state index is 1.07. The van der Waals surface area contributed by atoms with E-state index in [9.17, 15) is 0 Å². The van der Waals surface area contributed by atoms with Gasteiger partial charge in [-0.1, -0.05) is 6.92 Å².